The zero-order valence-electron chi connectivity index (χ0n) is 12.2. The van der Waals surface area contributed by atoms with Gasteiger partial charge in [0, 0.05) is 36.6 Å². The van der Waals surface area contributed by atoms with Crippen molar-refractivity contribution in [2.45, 2.75) is 26.9 Å². The summed E-state index contributed by atoms with van der Waals surface area (Å²) in [7, 11) is 1.64. The van der Waals surface area contributed by atoms with Crippen molar-refractivity contribution in [1.29, 1.82) is 0 Å². The summed E-state index contributed by atoms with van der Waals surface area (Å²) >= 11 is 0. The lowest BCUT2D eigenvalue weighted by Gasteiger charge is -2.12. The van der Waals surface area contributed by atoms with E-state index in [9.17, 15) is 0 Å². The van der Waals surface area contributed by atoms with Crippen molar-refractivity contribution >= 4 is 5.69 Å². The first-order valence-corrected chi connectivity index (χ1v) is 6.82. The third kappa shape index (κ3) is 3.44. The van der Waals surface area contributed by atoms with Crippen LogP contribution in [0.1, 0.15) is 19.4 Å². The van der Waals surface area contributed by atoms with Crippen LogP contribution < -0.4 is 14.8 Å². The molecule has 0 aliphatic carbocycles. The number of nitrogens with one attached hydrogen (secondary N) is 1. The zero-order chi connectivity index (χ0) is 14.4. The van der Waals surface area contributed by atoms with Gasteiger partial charge in [-0.25, -0.2) is 0 Å². The highest BCUT2D eigenvalue weighted by Crippen LogP contribution is 2.30. The van der Waals surface area contributed by atoms with E-state index in [0.717, 1.165) is 35.8 Å². The number of nitrogens with zero attached hydrogens (tertiary/aromatic N) is 2. The van der Waals surface area contributed by atoms with E-state index >= 15 is 0 Å². The van der Waals surface area contributed by atoms with E-state index in [2.05, 4.69) is 17.3 Å². The lowest BCUT2D eigenvalue weighted by atomic mass is 10.2. The van der Waals surface area contributed by atoms with E-state index in [0.29, 0.717) is 6.61 Å². The molecular formula is C15H21N3O2. The SMILES string of the molecule is CCOc1cc(NCc2cnn(CC)c2)ccc1OC. The van der Waals surface area contributed by atoms with Crippen molar-refractivity contribution in [2.24, 2.45) is 0 Å². The molecule has 1 N–H and O–H groups in total. The molecule has 2 aromatic rings. The average molecular weight is 275 g/mol. The van der Waals surface area contributed by atoms with Gasteiger partial charge in [0.05, 0.1) is 19.9 Å². The Morgan fingerprint density at radius 2 is 2.10 bits per heavy atom. The molecule has 0 atom stereocenters. The van der Waals surface area contributed by atoms with Gasteiger partial charge in [0.1, 0.15) is 0 Å². The Morgan fingerprint density at radius 1 is 1.25 bits per heavy atom. The van der Waals surface area contributed by atoms with Gasteiger partial charge in [0.15, 0.2) is 11.5 Å². The van der Waals surface area contributed by atoms with Gasteiger partial charge in [-0.2, -0.15) is 5.10 Å². The Labute approximate surface area is 119 Å². The summed E-state index contributed by atoms with van der Waals surface area (Å²) in [6.07, 6.45) is 3.92. The third-order valence-corrected chi connectivity index (χ3v) is 2.97. The van der Waals surface area contributed by atoms with Gasteiger partial charge in [-0.05, 0) is 26.0 Å². The van der Waals surface area contributed by atoms with Gasteiger partial charge in [-0.1, -0.05) is 0 Å². The lowest BCUT2D eigenvalue weighted by Crippen LogP contribution is -2.01. The van der Waals surface area contributed by atoms with Crippen LogP contribution in [0.25, 0.3) is 0 Å². The van der Waals surface area contributed by atoms with E-state index in [1.165, 1.54) is 0 Å². The Morgan fingerprint density at radius 3 is 2.75 bits per heavy atom. The Bertz CT molecular complexity index is 552. The summed E-state index contributed by atoms with van der Waals surface area (Å²) in [6.45, 7) is 6.26. The molecule has 1 aromatic heterocycles. The highest BCUT2D eigenvalue weighted by molar-refractivity contribution is 5.54. The van der Waals surface area contributed by atoms with E-state index in [4.69, 9.17) is 9.47 Å². The molecule has 0 aliphatic heterocycles. The average Bonchev–Trinajstić information content (AvgIpc) is 2.94. The summed E-state index contributed by atoms with van der Waals surface area (Å²) in [5.41, 5.74) is 2.15. The summed E-state index contributed by atoms with van der Waals surface area (Å²) < 4.78 is 12.7. The molecule has 0 aliphatic rings. The zero-order valence-corrected chi connectivity index (χ0v) is 12.2. The van der Waals surface area contributed by atoms with Crippen molar-refractivity contribution in [2.75, 3.05) is 19.0 Å². The molecule has 0 unspecified atom stereocenters. The number of hydrogen-bond acceptors (Lipinski definition) is 4. The number of rotatable bonds is 7. The van der Waals surface area contributed by atoms with Crippen LogP contribution in [0.3, 0.4) is 0 Å². The molecule has 0 saturated carbocycles. The Balaban J connectivity index is 2.03. The second-order valence-corrected chi connectivity index (χ2v) is 4.36. The molecule has 20 heavy (non-hydrogen) atoms. The smallest absolute Gasteiger partial charge is 0.163 e. The summed E-state index contributed by atoms with van der Waals surface area (Å²) in [4.78, 5) is 0. The van der Waals surface area contributed by atoms with Crippen molar-refractivity contribution in [3.05, 3.63) is 36.2 Å². The molecule has 2 rings (SSSR count). The number of aryl methyl sites for hydroxylation is 1. The normalized spacial score (nSPS) is 10.3. The molecule has 1 heterocycles. The second kappa shape index (κ2) is 6.84. The molecule has 0 amide bonds. The first-order valence-electron chi connectivity index (χ1n) is 6.82. The molecule has 5 heteroatoms. The van der Waals surface area contributed by atoms with Crippen LogP contribution in [-0.2, 0) is 13.1 Å². The fourth-order valence-corrected chi connectivity index (χ4v) is 1.93. The van der Waals surface area contributed by atoms with Gasteiger partial charge < -0.3 is 14.8 Å². The number of methoxy groups -OCH3 is 1. The molecule has 1 aromatic carbocycles. The first kappa shape index (κ1) is 14.2. The molecule has 108 valence electrons. The Hall–Kier alpha value is -2.17. The highest BCUT2D eigenvalue weighted by atomic mass is 16.5. The standard InChI is InChI=1S/C15H21N3O2/c1-4-18-11-12(10-17-18)9-16-13-6-7-14(19-3)15(8-13)20-5-2/h6-8,10-11,16H,4-5,9H2,1-3H3. The monoisotopic (exact) mass is 275 g/mol. The maximum Gasteiger partial charge on any atom is 0.163 e. The summed E-state index contributed by atoms with van der Waals surface area (Å²) in [6, 6.07) is 5.83. The highest BCUT2D eigenvalue weighted by Gasteiger charge is 2.05. The fourth-order valence-electron chi connectivity index (χ4n) is 1.93. The quantitative estimate of drug-likeness (QED) is 0.844. The van der Waals surface area contributed by atoms with Crippen LogP contribution in [-0.4, -0.2) is 23.5 Å². The minimum atomic E-state index is 0.614. The predicted octanol–water partition coefficient (Wildman–Crippen LogP) is 2.92. The van der Waals surface area contributed by atoms with Crippen LogP contribution >= 0.6 is 0 Å². The number of benzene rings is 1. The van der Waals surface area contributed by atoms with Gasteiger partial charge >= 0.3 is 0 Å². The van der Waals surface area contributed by atoms with Gasteiger partial charge in [-0.15, -0.1) is 0 Å². The minimum absolute atomic E-state index is 0.614. The molecule has 5 nitrogen and oxygen atoms in total. The molecular weight excluding hydrogens is 254 g/mol. The maximum absolute atomic E-state index is 5.56. The minimum Gasteiger partial charge on any atom is -0.493 e. The predicted molar refractivity (Wildman–Crippen MR) is 79.4 cm³/mol. The van der Waals surface area contributed by atoms with E-state index in [1.807, 2.05) is 42.2 Å². The van der Waals surface area contributed by atoms with E-state index < -0.39 is 0 Å². The van der Waals surface area contributed by atoms with Crippen molar-refractivity contribution in [3.8, 4) is 11.5 Å². The Kier molecular flexibility index (Phi) is 4.87. The number of aromatic nitrogens is 2. The van der Waals surface area contributed by atoms with Gasteiger partial charge in [0.25, 0.3) is 0 Å². The van der Waals surface area contributed by atoms with Crippen molar-refractivity contribution in [1.82, 2.24) is 9.78 Å². The number of hydrogen-bond donors (Lipinski definition) is 1. The number of anilines is 1. The topological polar surface area (TPSA) is 48.3 Å². The van der Waals surface area contributed by atoms with E-state index in [1.54, 1.807) is 7.11 Å². The second-order valence-electron chi connectivity index (χ2n) is 4.36. The molecule has 0 radical (unpaired) electrons. The lowest BCUT2D eigenvalue weighted by molar-refractivity contribution is 0.311. The largest absolute Gasteiger partial charge is 0.493 e. The fraction of sp³-hybridized carbons (Fsp3) is 0.400. The molecule has 0 saturated heterocycles. The molecule has 0 bridgehead atoms. The summed E-state index contributed by atoms with van der Waals surface area (Å²) in [5, 5.41) is 7.61. The van der Waals surface area contributed by atoms with Crippen LogP contribution in [0, 0.1) is 0 Å². The van der Waals surface area contributed by atoms with Crippen LogP contribution in [0.4, 0.5) is 5.69 Å². The first-order chi connectivity index (χ1) is 9.76. The van der Waals surface area contributed by atoms with Gasteiger partial charge in [-0.3, -0.25) is 4.68 Å². The van der Waals surface area contributed by atoms with Crippen LogP contribution in [0.15, 0.2) is 30.6 Å². The van der Waals surface area contributed by atoms with Crippen molar-refractivity contribution < 1.29 is 9.47 Å². The summed E-state index contributed by atoms with van der Waals surface area (Å²) in [5.74, 6) is 1.50. The molecule has 0 fully saturated rings. The maximum atomic E-state index is 5.56. The van der Waals surface area contributed by atoms with Crippen LogP contribution in [0.5, 0.6) is 11.5 Å². The molecule has 0 spiro atoms. The van der Waals surface area contributed by atoms with Crippen molar-refractivity contribution in [3.63, 3.8) is 0 Å². The van der Waals surface area contributed by atoms with E-state index in [-0.39, 0.29) is 0 Å². The number of ether oxygens (including phenoxy) is 2. The van der Waals surface area contributed by atoms with Crippen LogP contribution in [0.2, 0.25) is 0 Å². The van der Waals surface area contributed by atoms with Gasteiger partial charge in [0.2, 0.25) is 0 Å². The third-order valence-electron chi connectivity index (χ3n) is 2.97.